The van der Waals surface area contributed by atoms with Crippen molar-refractivity contribution in [1.29, 1.82) is 0 Å². The molecule has 0 aromatic heterocycles. The van der Waals surface area contributed by atoms with E-state index in [0.29, 0.717) is 22.8 Å². The number of carbonyl (C=O) groups is 1. The molecule has 0 unspecified atom stereocenters. The fraction of sp³-hybridized carbons (Fsp3) is 0.167. The number of hydrazone groups is 1. The van der Waals surface area contributed by atoms with Crippen LogP contribution in [0.15, 0.2) is 82.8 Å². The van der Waals surface area contributed by atoms with Crippen LogP contribution in [0.25, 0.3) is 0 Å². The highest BCUT2D eigenvalue weighted by molar-refractivity contribution is 7.92. The van der Waals surface area contributed by atoms with E-state index in [1.165, 1.54) is 44.6 Å². The fourth-order valence-corrected chi connectivity index (χ4v) is 4.60. The molecule has 1 amide bonds. The molecular formula is C24H25N3O6S. The van der Waals surface area contributed by atoms with E-state index >= 15 is 0 Å². The van der Waals surface area contributed by atoms with E-state index in [0.717, 1.165) is 4.31 Å². The van der Waals surface area contributed by atoms with Crippen LogP contribution in [0.3, 0.4) is 0 Å². The first kappa shape index (κ1) is 24.6. The van der Waals surface area contributed by atoms with Gasteiger partial charge >= 0.3 is 0 Å². The predicted octanol–water partition coefficient (Wildman–Crippen LogP) is 3.15. The van der Waals surface area contributed by atoms with E-state index in [1.54, 1.807) is 49.4 Å². The molecule has 34 heavy (non-hydrogen) atoms. The highest BCUT2D eigenvalue weighted by atomic mass is 32.2. The molecular weight excluding hydrogens is 458 g/mol. The number of amides is 1. The molecule has 3 aromatic carbocycles. The molecule has 10 heteroatoms. The lowest BCUT2D eigenvalue weighted by molar-refractivity contribution is -0.119. The van der Waals surface area contributed by atoms with Crippen molar-refractivity contribution in [3.63, 3.8) is 0 Å². The molecule has 0 saturated heterocycles. The second-order valence-electron chi connectivity index (χ2n) is 7.11. The van der Waals surface area contributed by atoms with Gasteiger partial charge in [-0.15, -0.1) is 0 Å². The summed E-state index contributed by atoms with van der Waals surface area (Å²) in [7, 11) is -1.21. The molecule has 3 rings (SSSR count). The third-order valence-electron chi connectivity index (χ3n) is 4.92. The Balaban J connectivity index is 1.94. The number of ether oxygens (including phenoxy) is 2. The second-order valence-corrected chi connectivity index (χ2v) is 8.98. The first-order valence-corrected chi connectivity index (χ1v) is 11.6. The van der Waals surface area contributed by atoms with Crippen LogP contribution >= 0.6 is 0 Å². The zero-order valence-electron chi connectivity index (χ0n) is 18.9. The number of hydrogen-bond acceptors (Lipinski definition) is 7. The van der Waals surface area contributed by atoms with Crippen LogP contribution in [0.2, 0.25) is 0 Å². The summed E-state index contributed by atoms with van der Waals surface area (Å²) in [6.45, 7) is 1.06. The third kappa shape index (κ3) is 5.46. The lowest BCUT2D eigenvalue weighted by Crippen LogP contribution is -2.39. The SMILES string of the molecule is COc1ccc(N(CC(=O)N/N=C(/C)c2ccccc2O)S(=O)(=O)c2ccccc2)cc1OC. The van der Waals surface area contributed by atoms with E-state index in [1.807, 2.05) is 0 Å². The molecule has 178 valence electrons. The van der Waals surface area contributed by atoms with Gasteiger partial charge in [-0.2, -0.15) is 5.10 Å². The van der Waals surface area contributed by atoms with Crippen molar-refractivity contribution in [3.05, 3.63) is 78.4 Å². The number of nitrogens with one attached hydrogen (secondary N) is 1. The molecule has 0 aliphatic heterocycles. The number of anilines is 1. The van der Waals surface area contributed by atoms with Gasteiger partial charge in [-0.1, -0.05) is 30.3 Å². The fourth-order valence-electron chi connectivity index (χ4n) is 3.17. The van der Waals surface area contributed by atoms with Crippen molar-refractivity contribution in [2.45, 2.75) is 11.8 Å². The Labute approximate surface area is 198 Å². The molecule has 0 spiro atoms. The number of sulfonamides is 1. The Morgan fingerprint density at radius 3 is 2.26 bits per heavy atom. The molecule has 9 nitrogen and oxygen atoms in total. The molecule has 0 bridgehead atoms. The summed E-state index contributed by atoms with van der Waals surface area (Å²) < 4.78 is 38.4. The van der Waals surface area contributed by atoms with Crippen molar-refractivity contribution in [3.8, 4) is 17.2 Å². The zero-order valence-corrected chi connectivity index (χ0v) is 19.7. The Hall–Kier alpha value is -4.05. The smallest absolute Gasteiger partial charge is 0.264 e. The average Bonchev–Trinajstić information content (AvgIpc) is 2.86. The van der Waals surface area contributed by atoms with Crippen molar-refractivity contribution >= 4 is 27.3 Å². The minimum atomic E-state index is -4.10. The normalized spacial score (nSPS) is 11.6. The molecule has 0 atom stereocenters. The number of benzene rings is 3. The topological polar surface area (TPSA) is 118 Å². The van der Waals surface area contributed by atoms with Crippen LogP contribution in [-0.2, 0) is 14.8 Å². The maximum Gasteiger partial charge on any atom is 0.264 e. The van der Waals surface area contributed by atoms with Crippen LogP contribution in [-0.4, -0.2) is 45.9 Å². The van der Waals surface area contributed by atoms with Crippen molar-refractivity contribution in [1.82, 2.24) is 5.43 Å². The maximum absolute atomic E-state index is 13.4. The van der Waals surface area contributed by atoms with Gasteiger partial charge < -0.3 is 14.6 Å². The second kappa shape index (κ2) is 10.7. The minimum absolute atomic E-state index is 0.0107. The Morgan fingerprint density at radius 1 is 0.971 bits per heavy atom. The number of phenolic OH excluding ortho intramolecular Hbond substituents is 1. The molecule has 0 fully saturated rings. The van der Waals surface area contributed by atoms with Crippen LogP contribution in [0.1, 0.15) is 12.5 Å². The summed E-state index contributed by atoms with van der Waals surface area (Å²) >= 11 is 0. The number of methoxy groups -OCH3 is 2. The van der Waals surface area contributed by atoms with Gasteiger partial charge in [0.05, 0.1) is 30.5 Å². The van der Waals surface area contributed by atoms with Gasteiger partial charge in [0.25, 0.3) is 15.9 Å². The number of phenols is 1. The summed E-state index contributed by atoms with van der Waals surface area (Å²) in [4.78, 5) is 12.8. The Morgan fingerprint density at radius 2 is 1.62 bits per heavy atom. The molecule has 3 aromatic rings. The molecule has 0 heterocycles. The summed E-state index contributed by atoms with van der Waals surface area (Å²) in [5.74, 6) is 0.0541. The summed E-state index contributed by atoms with van der Waals surface area (Å²) in [6.07, 6.45) is 0. The number of aromatic hydroxyl groups is 1. The highest BCUT2D eigenvalue weighted by Gasteiger charge is 2.28. The Kier molecular flexibility index (Phi) is 7.75. The summed E-state index contributed by atoms with van der Waals surface area (Å²) in [6, 6.07) is 18.9. The maximum atomic E-state index is 13.4. The third-order valence-corrected chi connectivity index (χ3v) is 6.70. The van der Waals surface area contributed by atoms with Crippen molar-refractivity contribution in [2.24, 2.45) is 5.10 Å². The van der Waals surface area contributed by atoms with E-state index in [-0.39, 0.29) is 16.3 Å². The van der Waals surface area contributed by atoms with Crippen LogP contribution < -0.4 is 19.2 Å². The van der Waals surface area contributed by atoms with Gasteiger partial charge in [0.1, 0.15) is 12.3 Å². The van der Waals surface area contributed by atoms with Gasteiger partial charge in [0.2, 0.25) is 0 Å². The van der Waals surface area contributed by atoms with Crippen LogP contribution in [0.5, 0.6) is 17.2 Å². The lowest BCUT2D eigenvalue weighted by Gasteiger charge is -2.24. The minimum Gasteiger partial charge on any atom is -0.507 e. The number of para-hydroxylation sites is 1. The van der Waals surface area contributed by atoms with E-state index in [2.05, 4.69) is 10.5 Å². The van der Waals surface area contributed by atoms with Crippen molar-refractivity contribution < 1.29 is 27.8 Å². The molecule has 0 radical (unpaired) electrons. The van der Waals surface area contributed by atoms with Gasteiger partial charge in [-0.25, -0.2) is 13.8 Å². The van der Waals surface area contributed by atoms with E-state index in [9.17, 15) is 18.3 Å². The Bertz CT molecular complexity index is 1290. The molecule has 2 N–H and O–H groups in total. The monoisotopic (exact) mass is 483 g/mol. The van der Waals surface area contributed by atoms with Crippen LogP contribution in [0, 0.1) is 0 Å². The molecule has 0 saturated carbocycles. The quantitative estimate of drug-likeness (QED) is 0.357. The number of rotatable bonds is 9. The number of nitrogens with zero attached hydrogens (tertiary/aromatic N) is 2. The first-order chi connectivity index (χ1) is 16.3. The standard InChI is InChI=1S/C24H25N3O6S/c1-17(20-11-7-8-12-21(20)28)25-26-24(29)16-27(34(30,31)19-9-5-4-6-10-19)18-13-14-22(32-2)23(15-18)33-3/h4-15,28H,16H2,1-3H3,(H,26,29)/b25-17-. The number of hydrogen-bond donors (Lipinski definition) is 2. The number of carbonyl (C=O) groups excluding carboxylic acids is 1. The van der Waals surface area contributed by atoms with Gasteiger partial charge in [0.15, 0.2) is 11.5 Å². The zero-order chi connectivity index (χ0) is 24.7. The van der Waals surface area contributed by atoms with E-state index in [4.69, 9.17) is 9.47 Å². The van der Waals surface area contributed by atoms with Gasteiger partial charge in [-0.05, 0) is 43.3 Å². The average molecular weight is 484 g/mol. The lowest BCUT2D eigenvalue weighted by atomic mass is 10.1. The van der Waals surface area contributed by atoms with Gasteiger partial charge in [-0.3, -0.25) is 9.10 Å². The van der Waals surface area contributed by atoms with E-state index < -0.39 is 22.5 Å². The summed E-state index contributed by atoms with van der Waals surface area (Å²) in [5, 5.41) is 14.0. The van der Waals surface area contributed by atoms with Gasteiger partial charge in [0, 0.05) is 11.6 Å². The van der Waals surface area contributed by atoms with Crippen molar-refractivity contribution in [2.75, 3.05) is 25.1 Å². The van der Waals surface area contributed by atoms with Crippen LogP contribution in [0.4, 0.5) is 5.69 Å². The predicted molar refractivity (Wildman–Crippen MR) is 129 cm³/mol. The first-order valence-electron chi connectivity index (χ1n) is 10.2. The largest absolute Gasteiger partial charge is 0.507 e. The molecule has 0 aliphatic carbocycles. The summed E-state index contributed by atoms with van der Waals surface area (Å²) in [5.41, 5.74) is 3.36. The molecule has 0 aliphatic rings. The highest BCUT2D eigenvalue weighted by Crippen LogP contribution is 2.33.